The monoisotopic (exact) mass is 380 g/mol. The number of allylic oxidation sites excluding steroid dienone is 1. The van der Waals surface area contributed by atoms with E-state index in [9.17, 15) is 9.59 Å². The highest BCUT2D eigenvalue weighted by Crippen LogP contribution is 2.41. The molecule has 2 unspecified atom stereocenters. The van der Waals surface area contributed by atoms with Gasteiger partial charge in [-0.15, -0.1) is 0 Å². The molecule has 1 spiro atoms. The van der Waals surface area contributed by atoms with Crippen molar-refractivity contribution in [2.45, 2.75) is 39.3 Å². The van der Waals surface area contributed by atoms with E-state index < -0.39 is 5.66 Å². The molecule has 0 fully saturated rings. The van der Waals surface area contributed by atoms with Crippen molar-refractivity contribution in [3.05, 3.63) is 52.2 Å². The minimum atomic E-state index is -0.844. The topological polar surface area (TPSA) is 115 Å². The number of aromatic nitrogens is 3. The Morgan fingerprint density at radius 2 is 2.11 bits per heavy atom. The first-order valence-corrected chi connectivity index (χ1v) is 9.45. The molecule has 0 bridgehead atoms. The summed E-state index contributed by atoms with van der Waals surface area (Å²) in [7, 11) is 0. The van der Waals surface area contributed by atoms with Gasteiger partial charge in [0, 0.05) is 12.0 Å². The molecular formula is C20H24N6O2. The van der Waals surface area contributed by atoms with Crippen LogP contribution in [0.1, 0.15) is 42.7 Å². The van der Waals surface area contributed by atoms with Gasteiger partial charge >= 0.3 is 0 Å². The molecule has 1 aliphatic carbocycles. The predicted octanol–water partition coefficient (Wildman–Crippen LogP) is 2.29. The number of fused-ring (bicyclic) bond motifs is 2. The first-order valence-electron chi connectivity index (χ1n) is 9.45. The molecule has 0 radical (unpaired) electrons. The molecule has 0 saturated heterocycles. The average Bonchev–Trinajstić information content (AvgIpc) is 2.92. The lowest BCUT2D eigenvalue weighted by Crippen LogP contribution is -2.54. The number of carbonyl (C=O) groups excluding carboxylic acids is 1. The van der Waals surface area contributed by atoms with E-state index in [0.717, 1.165) is 18.4 Å². The Hall–Kier alpha value is -3.16. The maximum atomic E-state index is 13.5. The lowest BCUT2D eigenvalue weighted by atomic mass is 9.76. The summed E-state index contributed by atoms with van der Waals surface area (Å²) < 4.78 is 1.62. The summed E-state index contributed by atoms with van der Waals surface area (Å²) in [6.07, 6.45) is 7.19. The number of carbonyl (C=O) groups is 1. The van der Waals surface area contributed by atoms with Crippen LogP contribution < -0.4 is 21.9 Å². The predicted molar refractivity (Wildman–Crippen MR) is 107 cm³/mol. The van der Waals surface area contributed by atoms with E-state index in [-0.39, 0.29) is 17.4 Å². The number of hydrogen-bond acceptors (Lipinski definition) is 6. The normalized spacial score (nSPS) is 23.1. The lowest BCUT2D eigenvalue weighted by Gasteiger charge is -2.41. The number of hydrogen-bond donors (Lipinski definition) is 3. The lowest BCUT2D eigenvalue weighted by molar-refractivity contribution is 0.0846. The first-order chi connectivity index (χ1) is 13.3. The van der Waals surface area contributed by atoms with Gasteiger partial charge in [-0.2, -0.15) is 0 Å². The number of amides is 1. The van der Waals surface area contributed by atoms with Gasteiger partial charge < -0.3 is 16.4 Å². The maximum absolute atomic E-state index is 13.5. The van der Waals surface area contributed by atoms with Gasteiger partial charge in [0.2, 0.25) is 0 Å². The summed E-state index contributed by atoms with van der Waals surface area (Å²) in [5.74, 6) is 0.922. The van der Waals surface area contributed by atoms with Crippen LogP contribution in [-0.4, -0.2) is 20.4 Å². The van der Waals surface area contributed by atoms with Crippen LogP contribution in [0.25, 0.3) is 0 Å². The van der Waals surface area contributed by atoms with E-state index in [0.29, 0.717) is 28.9 Å². The fourth-order valence-corrected chi connectivity index (χ4v) is 4.44. The first kappa shape index (κ1) is 18.2. The second-order valence-electron chi connectivity index (χ2n) is 7.79. The molecule has 2 aliphatic rings. The van der Waals surface area contributed by atoms with Gasteiger partial charge in [0.25, 0.3) is 11.5 Å². The van der Waals surface area contributed by atoms with Crippen molar-refractivity contribution in [3.63, 3.8) is 0 Å². The number of nitrogens with one attached hydrogen (secondary N) is 2. The third-order valence-corrected chi connectivity index (χ3v) is 5.63. The van der Waals surface area contributed by atoms with Gasteiger partial charge in [-0.05, 0) is 43.4 Å². The Balaban J connectivity index is 1.91. The molecule has 8 heteroatoms. The highest BCUT2D eigenvalue weighted by molar-refractivity contribution is 5.97. The minimum Gasteiger partial charge on any atom is -0.384 e. The SMILES string of the molecule is Cc1cc(Nc2cc(N)ncn2)c(=O)n2c1C(=O)NC21C=CCCC1C(C)C. The van der Waals surface area contributed by atoms with Gasteiger partial charge in [0.15, 0.2) is 0 Å². The zero-order valence-corrected chi connectivity index (χ0v) is 16.2. The molecule has 2 atom stereocenters. The molecule has 3 heterocycles. The van der Waals surface area contributed by atoms with Gasteiger partial charge in [-0.25, -0.2) is 9.97 Å². The summed E-state index contributed by atoms with van der Waals surface area (Å²) in [6.45, 7) is 6.08. The number of aryl methyl sites for hydroxylation is 1. The molecule has 1 aliphatic heterocycles. The summed E-state index contributed by atoms with van der Waals surface area (Å²) in [5.41, 5.74) is 6.08. The second-order valence-corrected chi connectivity index (χ2v) is 7.79. The van der Waals surface area contributed by atoms with E-state index in [2.05, 4.69) is 34.4 Å². The van der Waals surface area contributed by atoms with Crippen molar-refractivity contribution < 1.29 is 4.79 Å². The molecule has 146 valence electrons. The molecule has 8 nitrogen and oxygen atoms in total. The number of nitrogens with zero attached hydrogens (tertiary/aromatic N) is 3. The maximum Gasteiger partial charge on any atom is 0.277 e. The molecule has 0 saturated carbocycles. The third kappa shape index (κ3) is 2.67. The van der Waals surface area contributed by atoms with Crippen LogP contribution >= 0.6 is 0 Å². The largest absolute Gasteiger partial charge is 0.384 e. The number of nitrogens with two attached hydrogens (primary N) is 1. The van der Waals surface area contributed by atoms with E-state index in [1.54, 1.807) is 16.7 Å². The van der Waals surface area contributed by atoms with E-state index in [1.165, 1.54) is 6.33 Å². The molecule has 1 amide bonds. The van der Waals surface area contributed by atoms with Crippen LogP contribution in [0.15, 0.2) is 35.4 Å². The molecule has 28 heavy (non-hydrogen) atoms. The molecular weight excluding hydrogens is 356 g/mol. The molecule has 2 aromatic rings. The Morgan fingerprint density at radius 3 is 2.82 bits per heavy atom. The summed E-state index contributed by atoms with van der Waals surface area (Å²) >= 11 is 0. The number of rotatable bonds is 3. The average molecular weight is 380 g/mol. The highest BCUT2D eigenvalue weighted by Gasteiger charge is 2.50. The van der Waals surface area contributed by atoms with Crippen LogP contribution in [0.3, 0.4) is 0 Å². The van der Waals surface area contributed by atoms with Crippen LogP contribution in [0.2, 0.25) is 0 Å². The van der Waals surface area contributed by atoms with E-state index in [1.807, 2.05) is 19.1 Å². The Labute approximate surface area is 162 Å². The number of nitrogen functional groups attached to an aromatic ring is 1. The van der Waals surface area contributed by atoms with E-state index >= 15 is 0 Å². The summed E-state index contributed by atoms with van der Waals surface area (Å²) in [4.78, 5) is 34.3. The highest BCUT2D eigenvalue weighted by atomic mass is 16.2. The zero-order chi connectivity index (χ0) is 20.1. The van der Waals surface area contributed by atoms with Crippen molar-refractivity contribution in [1.82, 2.24) is 19.9 Å². The van der Waals surface area contributed by atoms with Crippen molar-refractivity contribution in [2.75, 3.05) is 11.1 Å². The van der Waals surface area contributed by atoms with Crippen LogP contribution in [0, 0.1) is 18.8 Å². The third-order valence-electron chi connectivity index (χ3n) is 5.63. The smallest absolute Gasteiger partial charge is 0.277 e. The standard InChI is InChI=1S/C20H24N6O2/c1-11(2)13-6-4-5-7-20(13)25-18(27)17-12(3)8-14(19(28)26(17)20)24-16-9-15(21)22-10-23-16/h5,7-11,13H,4,6H2,1-3H3,(H,25,27)(H3,21,22,23,24). The minimum absolute atomic E-state index is 0.116. The van der Waals surface area contributed by atoms with Crippen LogP contribution in [-0.2, 0) is 5.66 Å². The summed E-state index contributed by atoms with van der Waals surface area (Å²) in [6, 6.07) is 3.24. The Kier molecular flexibility index (Phi) is 4.21. The number of pyridine rings is 1. The van der Waals surface area contributed by atoms with Crippen molar-refractivity contribution >= 4 is 23.2 Å². The van der Waals surface area contributed by atoms with Crippen LogP contribution in [0.4, 0.5) is 17.3 Å². The Morgan fingerprint density at radius 1 is 1.32 bits per heavy atom. The van der Waals surface area contributed by atoms with Gasteiger partial charge in [0.1, 0.15) is 35.0 Å². The van der Waals surface area contributed by atoms with Crippen molar-refractivity contribution in [3.8, 4) is 0 Å². The Bertz CT molecular complexity index is 1040. The summed E-state index contributed by atoms with van der Waals surface area (Å²) in [5, 5.41) is 6.15. The molecule has 4 N–H and O–H groups in total. The number of anilines is 3. The fourth-order valence-electron chi connectivity index (χ4n) is 4.44. The van der Waals surface area contributed by atoms with Gasteiger partial charge in [-0.3, -0.25) is 14.2 Å². The molecule has 4 rings (SSSR count). The van der Waals surface area contributed by atoms with Gasteiger partial charge in [0.05, 0.1) is 0 Å². The quantitative estimate of drug-likeness (QED) is 0.704. The van der Waals surface area contributed by atoms with Gasteiger partial charge in [-0.1, -0.05) is 19.9 Å². The fraction of sp³-hybridized carbons (Fsp3) is 0.400. The molecule has 2 aromatic heterocycles. The van der Waals surface area contributed by atoms with Crippen molar-refractivity contribution in [2.24, 2.45) is 11.8 Å². The second kappa shape index (κ2) is 6.47. The van der Waals surface area contributed by atoms with Crippen LogP contribution in [0.5, 0.6) is 0 Å². The van der Waals surface area contributed by atoms with E-state index in [4.69, 9.17) is 5.73 Å². The van der Waals surface area contributed by atoms with Crippen molar-refractivity contribution in [1.29, 1.82) is 0 Å². The zero-order valence-electron chi connectivity index (χ0n) is 16.2. The molecule has 0 aromatic carbocycles.